The first-order chi connectivity index (χ1) is 13.6. The maximum atomic E-state index is 12.3. The summed E-state index contributed by atoms with van der Waals surface area (Å²) in [5.41, 5.74) is 2.35. The number of nitrogens with one attached hydrogen (secondary N) is 1. The van der Waals surface area contributed by atoms with Gasteiger partial charge in [0.2, 0.25) is 5.91 Å². The molecule has 1 fully saturated rings. The first kappa shape index (κ1) is 24.4. The Balaban J connectivity index is 2.85. The molecule has 2 atom stereocenters. The second-order valence-electron chi connectivity index (χ2n) is 6.30. The van der Waals surface area contributed by atoms with Crippen LogP contribution in [0.15, 0.2) is 25.3 Å². The van der Waals surface area contributed by atoms with E-state index in [4.69, 9.17) is 13.7 Å². The second kappa shape index (κ2) is 11.4. The van der Waals surface area contributed by atoms with Crippen molar-refractivity contribution < 1.29 is 36.5 Å². The zero-order valence-corrected chi connectivity index (χ0v) is 17.4. The molecule has 1 N–H and O–H groups in total. The molecule has 164 valence electrons. The van der Waals surface area contributed by atoms with E-state index in [2.05, 4.69) is 18.6 Å². The third-order valence-corrected chi connectivity index (χ3v) is 4.39. The van der Waals surface area contributed by atoms with Gasteiger partial charge in [-0.3, -0.25) is 14.4 Å². The van der Waals surface area contributed by atoms with Crippen molar-refractivity contribution in [2.24, 2.45) is 0 Å². The molecule has 1 aliphatic heterocycles. The summed E-state index contributed by atoms with van der Waals surface area (Å²) in [7, 11) is -3.71. The van der Waals surface area contributed by atoms with Crippen molar-refractivity contribution in [3.8, 4) is 0 Å². The predicted octanol–water partition coefficient (Wildman–Crippen LogP) is 0.794. The van der Waals surface area contributed by atoms with Crippen molar-refractivity contribution in [3.05, 3.63) is 25.3 Å². The Hall–Kier alpha value is -2.60. The molecule has 0 aliphatic carbocycles. The Labute approximate surface area is 170 Å². The van der Waals surface area contributed by atoms with Gasteiger partial charge in [0.1, 0.15) is 13.2 Å². The molecule has 0 bridgehead atoms. The maximum Gasteiger partial charge on any atom is 0.428 e. The van der Waals surface area contributed by atoms with E-state index in [1.54, 1.807) is 0 Å². The van der Waals surface area contributed by atoms with Gasteiger partial charge in [-0.2, -0.15) is 8.42 Å². The largest absolute Gasteiger partial charge is 0.445 e. The average Bonchev–Trinajstić information content (AvgIpc) is 3.01. The van der Waals surface area contributed by atoms with Crippen LogP contribution in [-0.4, -0.2) is 81.1 Å². The van der Waals surface area contributed by atoms with Crippen LogP contribution >= 0.6 is 0 Å². The van der Waals surface area contributed by atoms with Gasteiger partial charge in [0.05, 0.1) is 18.9 Å². The van der Waals surface area contributed by atoms with E-state index < -0.39 is 40.4 Å². The Morgan fingerprint density at radius 2 is 1.83 bits per heavy atom. The minimum atomic E-state index is -3.71. The third kappa shape index (κ3) is 8.96. The topological polar surface area (TPSA) is 132 Å². The molecule has 0 saturated carbocycles. The van der Waals surface area contributed by atoms with Gasteiger partial charge in [0, 0.05) is 19.5 Å². The molecule has 0 aromatic carbocycles. The fourth-order valence-corrected chi connectivity index (χ4v) is 3.40. The van der Waals surface area contributed by atoms with Crippen LogP contribution in [0, 0.1) is 0 Å². The normalized spacial score (nSPS) is 18.6. The van der Waals surface area contributed by atoms with E-state index in [0.29, 0.717) is 0 Å². The number of nitrogens with zero attached hydrogens (tertiary/aromatic N) is 2. The molecule has 0 unspecified atom stereocenters. The van der Waals surface area contributed by atoms with Crippen LogP contribution in [0.5, 0.6) is 0 Å². The summed E-state index contributed by atoms with van der Waals surface area (Å²) < 4.78 is 37.8. The number of likely N-dealkylation sites (tertiary alicyclic amines) is 1. The maximum absolute atomic E-state index is 12.3. The molecule has 11 nitrogen and oxygen atoms in total. The summed E-state index contributed by atoms with van der Waals surface area (Å²) in [6.07, 6.45) is 1.95. The van der Waals surface area contributed by atoms with Gasteiger partial charge in [0.15, 0.2) is 0 Å². The monoisotopic (exact) mass is 433 g/mol. The van der Waals surface area contributed by atoms with Crippen molar-refractivity contribution in [1.82, 2.24) is 15.3 Å². The Morgan fingerprint density at radius 1 is 1.21 bits per heavy atom. The quantitative estimate of drug-likeness (QED) is 0.321. The van der Waals surface area contributed by atoms with Crippen LogP contribution in [-0.2, 0) is 28.6 Å². The smallest absolute Gasteiger partial charge is 0.428 e. The molecule has 0 radical (unpaired) electrons. The molecule has 1 aliphatic rings. The van der Waals surface area contributed by atoms with E-state index in [9.17, 15) is 22.8 Å². The highest BCUT2D eigenvalue weighted by atomic mass is 32.2. The fraction of sp³-hybridized carbons (Fsp3) is 0.588. The van der Waals surface area contributed by atoms with Crippen LogP contribution in [0.3, 0.4) is 0 Å². The predicted molar refractivity (Wildman–Crippen MR) is 103 cm³/mol. The van der Waals surface area contributed by atoms with Crippen molar-refractivity contribution >= 4 is 28.2 Å². The molecule has 0 aromatic heterocycles. The summed E-state index contributed by atoms with van der Waals surface area (Å²) >= 11 is 0. The van der Waals surface area contributed by atoms with Crippen LogP contribution < -0.4 is 5.43 Å². The summed E-state index contributed by atoms with van der Waals surface area (Å²) in [4.78, 5) is 37.1. The molecule has 1 heterocycles. The zero-order valence-electron chi connectivity index (χ0n) is 16.5. The molecular formula is C17H27N3O8S. The van der Waals surface area contributed by atoms with Crippen molar-refractivity contribution in [2.75, 3.05) is 32.6 Å². The van der Waals surface area contributed by atoms with Crippen molar-refractivity contribution in [3.63, 3.8) is 0 Å². The summed E-state index contributed by atoms with van der Waals surface area (Å²) in [5, 5.41) is 0.976. The number of rotatable bonds is 9. The van der Waals surface area contributed by atoms with Crippen LogP contribution in [0.1, 0.15) is 19.8 Å². The molecule has 12 heteroatoms. The molecule has 0 aromatic rings. The number of hydrazine groups is 1. The van der Waals surface area contributed by atoms with Gasteiger partial charge >= 0.3 is 12.2 Å². The summed E-state index contributed by atoms with van der Waals surface area (Å²) in [6, 6.07) is -0.484. The Bertz CT molecular complexity index is 724. The Kier molecular flexibility index (Phi) is 9.62. The van der Waals surface area contributed by atoms with Gasteiger partial charge in [-0.05, 0) is 12.8 Å². The number of ether oxygens (including phenoxy) is 2. The fourth-order valence-electron chi connectivity index (χ4n) is 2.77. The van der Waals surface area contributed by atoms with Crippen LogP contribution in [0.2, 0.25) is 0 Å². The van der Waals surface area contributed by atoms with Crippen LogP contribution in [0.4, 0.5) is 9.59 Å². The lowest BCUT2D eigenvalue weighted by Gasteiger charge is -2.27. The minimum absolute atomic E-state index is 0.00838. The van der Waals surface area contributed by atoms with Crippen LogP contribution in [0.25, 0.3) is 0 Å². The van der Waals surface area contributed by atoms with Gasteiger partial charge in [-0.15, -0.1) is 0 Å². The average molecular weight is 433 g/mol. The highest BCUT2D eigenvalue weighted by Gasteiger charge is 2.38. The highest BCUT2D eigenvalue weighted by Crippen LogP contribution is 2.25. The number of hydrogen-bond acceptors (Lipinski definition) is 8. The Morgan fingerprint density at radius 3 is 2.38 bits per heavy atom. The number of amides is 3. The second-order valence-corrected chi connectivity index (χ2v) is 7.90. The lowest BCUT2D eigenvalue weighted by molar-refractivity contribution is -0.123. The SMILES string of the molecule is C=CCOC(=O)N(CC[C@H]1C[C@@H](OS(C)(=O)=O)CN1C(=O)OCC=C)NC(C)=O. The van der Waals surface area contributed by atoms with E-state index in [-0.39, 0.29) is 39.1 Å². The van der Waals surface area contributed by atoms with Gasteiger partial charge in [0.25, 0.3) is 10.1 Å². The lowest BCUT2D eigenvalue weighted by atomic mass is 10.1. The standard InChI is InChI=1S/C17H27N3O8S/c1-5-9-26-16(22)19-12-15(28-29(4,24)25)11-14(19)7-8-20(18-13(3)21)17(23)27-10-6-2/h5-6,14-15H,1-2,7-12H2,3-4H3,(H,18,21)/t14-,15+/m0/s1. The van der Waals surface area contributed by atoms with E-state index in [0.717, 1.165) is 11.3 Å². The van der Waals surface area contributed by atoms with Gasteiger partial charge in [-0.25, -0.2) is 14.6 Å². The molecule has 1 saturated heterocycles. The molecule has 29 heavy (non-hydrogen) atoms. The minimum Gasteiger partial charge on any atom is -0.445 e. The molecule has 1 rings (SSSR count). The summed E-state index contributed by atoms with van der Waals surface area (Å²) in [6.45, 7) is 8.12. The van der Waals surface area contributed by atoms with Gasteiger partial charge < -0.3 is 14.4 Å². The number of carbonyl (C=O) groups is 3. The van der Waals surface area contributed by atoms with E-state index in [1.807, 2.05) is 0 Å². The lowest BCUT2D eigenvalue weighted by Crippen LogP contribution is -2.48. The summed E-state index contributed by atoms with van der Waals surface area (Å²) in [5.74, 6) is -0.479. The first-order valence-electron chi connectivity index (χ1n) is 8.82. The first-order valence-corrected chi connectivity index (χ1v) is 10.6. The molecule has 0 spiro atoms. The number of carbonyl (C=O) groups excluding carboxylic acids is 3. The third-order valence-electron chi connectivity index (χ3n) is 3.77. The number of hydrogen-bond donors (Lipinski definition) is 1. The van der Waals surface area contributed by atoms with E-state index in [1.165, 1.54) is 24.0 Å². The van der Waals surface area contributed by atoms with Gasteiger partial charge in [-0.1, -0.05) is 25.3 Å². The van der Waals surface area contributed by atoms with Crippen molar-refractivity contribution in [1.29, 1.82) is 0 Å². The van der Waals surface area contributed by atoms with Crippen molar-refractivity contribution in [2.45, 2.75) is 31.9 Å². The molecular weight excluding hydrogens is 406 g/mol. The van der Waals surface area contributed by atoms with E-state index >= 15 is 0 Å². The zero-order chi connectivity index (χ0) is 22.0. The molecule has 3 amide bonds. The highest BCUT2D eigenvalue weighted by molar-refractivity contribution is 7.86.